The van der Waals surface area contributed by atoms with Crippen LogP contribution in [0.4, 0.5) is 5.69 Å². The Labute approximate surface area is 143 Å². The van der Waals surface area contributed by atoms with Crippen LogP contribution in [0.2, 0.25) is 0 Å². The van der Waals surface area contributed by atoms with Crippen LogP contribution in [0.3, 0.4) is 0 Å². The average Bonchev–Trinajstić information content (AvgIpc) is 2.36. The fourth-order valence-corrected chi connectivity index (χ4v) is 3.38. The number of nitrogen functional groups attached to an aromatic ring is 1. The largest absolute Gasteiger partial charge is 0.398 e. The number of anilines is 1. The topological polar surface area (TPSA) is 49.8 Å². The van der Waals surface area contributed by atoms with Crippen molar-refractivity contribution in [3.8, 4) is 6.07 Å². The quantitative estimate of drug-likeness (QED) is 0.576. The van der Waals surface area contributed by atoms with Crippen LogP contribution >= 0.6 is 31.9 Å². The van der Waals surface area contributed by atoms with E-state index in [1.807, 2.05) is 52.0 Å². The predicted octanol–water partition coefficient (Wildman–Crippen LogP) is 5.59. The Morgan fingerprint density at radius 2 is 1.14 bits per heavy atom. The minimum Gasteiger partial charge on any atom is -0.398 e. The summed E-state index contributed by atoms with van der Waals surface area (Å²) in [6, 6.07) is 10.1. The molecule has 2 aromatic carbocycles. The molecule has 0 aliphatic carbocycles. The van der Waals surface area contributed by atoms with E-state index in [0.717, 1.165) is 42.5 Å². The van der Waals surface area contributed by atoms with E-state index >= 15 is 0 Å². The zero-order valence-corrected chi connectivity index (χ0v) is 15.8. The van der Waals surface area contributed by atoms with Crippen LogP contribution in [0, 0.1) is 39.0 Å². The van der Waals surface area contributed by atoms with Crippen LogP contribution < -0.4 is 5.73 Å². The van der Waals surface area contributed by atoms with E-state index in [0.29, 0.717) is 0 Å². The second kappa shape index (κ2) is 7.63. The Morgan fingerprint density at radius 3 is 1.48 bits per heavy atom. The molecule has 0 aliphatic heterocycles. The third-order valence-electron chi connectivity index (χ3n) is 3.17. The molecule has 0 spiro atoms. The van der Waals surface area contributed by atoms with E-state index < -0.39 is 0 Å². The molecule has 0 aliphatic rings. The van der Waals surface area contributed by atoms with Crippen LogP contribution in [0.25, 0.3) is 0 Å². The van der Waals surface area contributed by atoms with Crippen LogP contribution in [-0.4, -0.2) is 0 Å². The summed E-state index contributed by atoms with van der Waals surface area (Å²) in [5.74, 6) is 0. The van der Waals surface area contributed by atoms with Crippen molar-refractivity contribution in [1.82, 2.24) is 0 Å². The maximum Gasteiger partial charge on any atom is 0.0997 e. The highest BCUT2D eigenvalue weighted by Crippen LogP contribution is 2.21. The second-order valence-electron chi connectivity index (χ2n) is 4.98. The summed E-state index contributed by atoms with van der Waals surface area (Å²) in [6.07, 6.45) is 0. The Bertz CT molecular complexity index is 654. The fraction of sp³-hybridized carbons (Fsp3) is 0.235. The van der Waals surface area contributed by atoms with Gasteiger partial charge in [0.25, 0.3) is 0 Å². The number of halogens is 2. The molecule has 2 nitrogen and oxygen atoms in total. The van der Waals surface area contributed by atoms with Crippen molar-refractivity contribution in [2.45, 2.75) is 27.7 Å². The number of nitrogens with two attached hydrogens (primary N) is 1. The normalized spacial score (nSPS) is 9.57. The molecule has 0 bridgehead atoms. The van der Waals surface area contributed by atoms with Crippen molar-refractivity contribution < 1.29 is 0 Å². The zero-order chi connectivity index (χ0) is 16.2. The summed E-state index contributed by atoms with van der Waals surface area (Å²) < 4.78 is 2.13. The number of aryl methyl sites for hydroxylation is 4. The monoisotopic (exact) mass is 408 g/mol. The second-order valence-corrected chi connectivity index (χ2v) is 6.81. The van der Waals surface area contributed by atoms with Gasteiger partial charge >= 0.3 is 0 Å². The predicted molar refractivity (Wildman–Crippen MR) is 96.4 cm³/mol. The van der Waals surface area contributed by atoms with Crippen molar-refractivity contribution in [2.75, 3.05) is 5.73 Å². The van der Waals surface area contributed by atoms with Gasteiger partial charge in [0.05, 0.1) is 11.6 Å². The highest BCUT2D eigenvalue weighted by atomic mass is 79.9. The first kappa shape index (κ1) is 17.7. The Balaban J connectivity index is 0.000000211. The lowest BCUT2D eigenvalue weighted by molar-refractivity contribution is 1.31. The van der Waals surface area contributed by atoms with Crippen molar-refractivity contribution in [1.29, 1.82) is 5.26 Å². The van der Waals surface area contributed by atoms with E-state index in [1.165, 1.54) is 0 Å². The molecule has 21 heavy (non-hydrogen) atoms. The summed E-state index contributed by atoms with van der Waals surface area (Å²) in [6.45, 7) is 7.90. The van der Waals surface area contributed by atoms with Gasteiger partial charge in [-0.15, -0.1) is 0 Å². The molecular weight excluding hydrogens is 392 g/mol. The van der Waals surface area contributed by atoms with Gasteiger partial charge in [-0.3, -0.25) is 0 Å². The van der Waals surface area contributed by atoms with Crippen LogP contribution in [0.5, 0.6) is 0 Å². The number of benzene rings is 2. The van der Waals surface area contributed by atoms with Crippen molar-refractivity contribution in [2.24, 2.45) is 0 Å². The van der Waals surface area contributed by atoms with Crippen molar-refractivity contribution >= 4 is 37.5 Å². The first-order valence-electron chi connectivity index (χ1n) is 6.45. The molecule has 2 N–H and O–H groups in total. The zero-order valence-electron chi connectivity index (χ0n) is 12.6. The molecule has 0 heterocycles. The SMILES string of the molecule is Cc1cc(Br)cc(C)c1C#N.Cc1cc(Br)cc(C)c1N. The molecule has 0 fully saturated rings. The first-order valence-corrected chi connectivity index (χ1v) is 8.04. The fourth-order valence-electron chi connectivity index (χ4n) is 2.01. The molecule has 0 saturated heterocycles. The van der Waals surface area contributed by atoms with Gasteiger partial charge in [0.15, 0.2) is 0 Å². The van der Waals surface area contributed by atoms with Gasteiger partial charge in [-0.05, 0) is 74.2 Å². The molecule has 0 unspecified atom stereocenters. The highest BCUT2D eigenvalue weighted by Gasteiger charge is 2.01. The maximum atomic E-state index is 8.72. The lowest BCUT2D eigenvalue weighted by Gasteiger charge is -2.03. The lowest BCUT2D eigenvalue weighted by atomic mass is 10.0. The van der Waals surface area contributed by atoms with E-state index in [-0.39, 0.29) is 0 Å². The molecule has 0 saturated carbocycles. The van der Waals surface area contributed by atoms with Gasteiger partial charge in [-0.1, -0.05) is 31.9 Å². The standard InChI is InChI=1S/C9H8BrN.C8H10BrN/c1-6-3-8(10)4-7(2)9(6)5-11;1-5-3-7(9)4-6(2)8(5)10/h3-4H,1-2H3;3-4H,10H2,1-2H3. The van der Waals surface area contributed by atoms with Crippen LogP contribution in [-0.2, 0) is 0 Å². The lowest BCUT2D eigenvalue weighted by Crippen LogP contribution is -1.92. The minimum absolute atomic E-state index is 0.785. The summed E-state index contributed by atoms with van der Waals surface area (Å²) in [5, 5.41) is 8.72. The van der Waals surface area contributed by atoms with Gasteiger partial charge in [-0.2, -0.15) is 5.26 Å². The Morgan fingerprint density at radius 1 is 0.810 bits per heavy atom. The highest BCUT2D eigenvalue weighted by molar-refractivity contribution is 9.10. The third-order valence-corrected chi connectivity index (χ3v) is 4.08. The van der Waals surface area contributed by atoms with Crippen LogP contribution in [0.1, 0.15) is 27.8 Å². The minimum atomic E-state index is 0.785. The van der Waals surface area contributed by atoms with Crippen LogP contribution in [0.15, 0.2) is 33.2 Å². The van der Waals surface area contributed by atoms with Gasteiger partial charge < -0.3 is 5.73 Å². The number of hydrogen-bond donors (Lipinski definition) is 1. The maximum absolute atomic E-state index is 8.72. The van der Waals surface area contributed by atoms with Crippen molar-refractivity contribution in [3.05, 3.63) is 61.0 Å². The van der Waals surface area contributed by atoms with Crippen molar-refractivity contribution in [3.63, 3.8) is 0 Å². The summed E-state index contributed by atoms with van der Waals surface area (Å²) in [5.41, 5.74) is 11.7. The smallest absolute Gasteiger partial charge is 0.0997 e. The van der Waals surface area contributed by atoms with Gasteiger partial charge in [0, 0.05) is 14.6 Å². The summed E-state index contributed by atoms with van der Waals surface area (Å²) in [4.78, 5) is 0. The molecular formula is C17H18Br2N2. The molecule has 0 radical (unpaired) electrons. The van der Waals surface area contributed by atoms with E-state index in [4.69, 9.17) is 11.0 Å². The number of nitrogens with zero attached hydrogens (tertiary/aromatic N) is 1. The summed E-state index contributed by atoms with van der Waals surface area (Å²) in [7, 11) is 0. The van der Waals surface area contributed by atoms with Gasteiger partial charge in [0.2, 0.25) is 0 Å². The van der Waals surface area contributed by atoms with E-state index in [9.17, 15) is 0 Å². The first-order chi connectivity index (χ1) is 9.76. The molecule has 0 atom stereocenters. The molecule has 2 rings (SSSR count). The molecule has 4 heteroatoms. The molecule has 0 amide bonds. The van der Waals surface area contributed by atoms with Gasteiger partial charge in [-0.25, -0.2) is 0 Å². The molecule has 2 aromatic rings. The van der Waals surface area contributed by atoms with E-state index in [2.05, 4.69) is 37.9 Å². The third kappa shape index (κ3) is 4.87. The van der Waals surface area contributed by atoms with Gasteiger partial charge in [0.1, 0.15) is 0 Å². The average molecular weight is 410 g/mol. The molecule has 0 aromatic heterocycles. The molecule has 110 valence electrons. The Hall–Kier alpha value is -1.31. The van der Waals surface area contributed by atoms with E-state index in [1.54, 1.807) is 0 Å². The Kier molecular flexibility index (Phi) is 6.44. The number of hydrogen-bond acceptors (Lipinski definition) is 2. The number of nitriles is 1. The summed E-state index contributed by atoms with van der Waals surface area (Å²) >= 11 is 6.76. The number of rotatable bonds is 0.